The lowest BCUT2D eigenvalue weighted by Gasteiger charge is -2.09. The second-order valence-corrected chi connectivity index (χ2v) is 7.53. The van der Waals surface area contributed by atoms with Gasteiger partial charge in [-0.1, -0.05) is 5.16 Å². The van der Waals surface area contributed by atoms with Crippen LogP contribution in [0.4, 0.5) is 5.82 Å². The number of anilines is 1. The number of ether oxygens (including phenoxy) is 1. The molecule has 0 unspecified atom stereocenters. The number of benzene rings is 1. The van der Waals surface area contributed by atoms with Crippen LogP contribution in [-0.4, -0.2) is 28.5 Å². The van der Waals surface area contributed by atoms with Gasteiger partial charge in [-0.15, -0.1) is 11.8 Å². The molecule has 0 bridgehead atoms. The topological polar surface area (TPSA) is 112 Å². The van der Waals surface area contributed by atoms with Crippen molar-refractivity contribution in [3.63, 3.8) is 0 Å². The summed E-state index contributed by atoms with van der Waals surface area (Å²) in [5.41, 5.74) is 2.59. The molecule has 0 fully saturated rings. The van der Waals surface area contributed by atoms with Gasteiger partial charge >= 0.3 is 11.6 Å². The molecule has 152 valence electrons. The SMILES string of the molecule is Cc1cc(NC(=O)CSCC(=O)OCc2cc(=O)oc3cc(C)c(C)cc23)no1. The van der Waals surface area contributed by atoms with Gasteiger partial charge in [0.05, 0.1) is 11.5 Å². The maximum atomic E-state index is 12.0. The highest BCUT2D eigenvalue weighted by molar-refractivity contribution is 8.00. The quantitative estimate of drug-likeness (QED) is 0.462. The molecule has 2 heterocycles. The number of amides is 1. The van der Waals surface area contributed by atoms with Crippen LogP contribution in [0, 0.1) is 20.8 Å². The fraction of sp³-hybridized carbons (Fsp3) is 0.300. The number of carbonyl (C=O) groups excluding carboxylic acids is 2. The number of thioether (sulfide) groups is 1. The van der Waals surface area contributed by atoms with Gasteiger partial charge < -0.3 is 19.0 Å². The Hall–Kier alpha value is -3.07. The van der Waals surface area contributed by atoms with Crippen molar-refractivity contribution in [3.05, 3.63) is 57.1 Å². The van der Waals surface area contributed by atoms with Crippen LogP contribution in [0.5, 0.6) is 0 Å². The van der Waals surface area contributed by atoms with Crippen LogP contribution in [0.15, 0.2) is 38.0 Å². The average Bonchev–Trinajstić information content (AvgIpc) is 3.05. The van der Waals surface area contributed by atoms with Crippen LogP contribution < -0.4 is 10.9 Å². The molecule has 1 amide bonds. The number of fused-ring (bicyclic) bond motifs is 1. The highest BCUT2D eigenvalue weighted by Crippen LogP contribution is 2.22. The molecule has 29 heavy (non-hydrogen) atoms. The predicted molar refractivity (Wildman–Crippen MR) is 109 cm³/mol. The van der Waals surface area contributed by atoms with Crippen LogP contribution in [0.2, 0.25) is 0 Å². The number of nitrogens with one attached hydrogen (secondary N) is 1. The van der Waals surface area contributed by atoms with E-state index in [4.69, 9.17) is 13.7 Å². The largest absolute Gasteiger partial charge is 0.460 e. The van der Waals surface area contributed by atoms with Crippen molar-refractivity contribution in [1.29, 1.82) is 0 Å². The molecule has 0 aliphatic carbocycles. The fourth-order valence-electron chi connectivity index (χ4n) is 2.63. The molecule has 0 aliphatic rings. The van der Waals surface area contributed by atoms with Gasteiger partial charge in [-0.2, -0.15) is 0 Å². The standard InChI is InChI=1S/C20H20N2O6S/c1-11-4-15-14(7-19(24)27-16(15)5-12(11)2)8-26-20(25)10-29-9-18(23)21-17-6-13(3)28-22-17/h4-7H,8-10H2,1-3H3,(H,21,22,23). The summed E-state index contributed by atoms with van der Waals surface area (Å²) >= 11 is 1.12. The highest BCUT2D eigenvalue weighted by atomic mass is 32.2. The zero-order chi connectivity index (χ0) is 21.0. The molecular formula is C20H20N2O6S. The van der Waals surface area contributed by atoms with E-state index in [1.54, 1.807) is 19.1 Å². The first-order valence-corrected chi connectivity index (χ1v) is 9.98. The minimum absolute atomic E-state index is 0.00275. The number of hydrogen-bond donors (Lipinski definition) is 1. The number of hydrogen-bond acceptors (Lipinski definition) is 8. The molecule has 3 rings (SSSR count). The lowest BCUT2D eigenvalue weighted by Crippen LogP contribution is -2.16. The maximum absolute atomic E-state index is 12.0. The smallest absolute Gasteiger partial charge is 0.336 e. The average molecular weight is 416 g/mol. The van der Waals surface area contributed by atoms with E-state index in [1.165, 1.54) is 6.07 Å². The Morgan fingerprint density at radius 2 is 1.86 bits per heavy atom. The minimum Gasteiger partial charge on any atom is -0.460 e. The van der Waals surface area contributed by atoms with E-state index < -0.39 is 11.6 Å². The van der Waals surface area contributed by atoms with Crippen LogP contribution in [-0.2, 0) is 20.9 Å². The monoisotopic (exact) mass is 416 g/mol. The highest BCUT2D eigenvalue weighted by Gasteiger charge is 2.12. The molecule has 0 saturated heterocycles. The normalized spacial score (nSPS) is 10.9. The van der Waals surface area contributed by atoms with Crippen molar-refractivity contribution in [1.82, 2.24) is 5.16 Å². The molecule has 0 spiro atoms. The van der Waals surface area contributed by atoms with Gasteiger partial charge in [-0.25, -0.2) is 4.79 Å². The van der Waals surface area contributed by atoms with Gasteiger partial charge in [0.25, 0.3) is 0 Å². The van der Waals surface area contributed by atoms with E-state index in [-0.39, 0.29) is 24.0 Å². The summed E-state index contributed by atoms with van der Waals surface area (Å²) in [5.74, 6) is 0.208. The predicted octanol–water partition coefficient (Wildman–Crippen LogP) is 3.12. The molecule has 0 radical (unpaired) electrons. The summed E-state index contributed by atoms with van der Waals surface area (Å²) < 4.78 is 15.4. The first-order valence-electron chi connectivity index (χ1n) is 8.82. The summed E-state index contributed by atoms with van der Waals surface area (Å²) in [6, 6.07) is 6.62. The van der Waals surface area contributed by atoms with Gasteiger partial charge in [0.2, 0.25) is 5.91 Å². The molecule has 0 aliphatic heterocycles. The molecule has 1 N–H and O–H groups in total. The molecule has 0 saturated carbocycles. The Bertz CT molecular complexity index is 1120. The van der Waals surface area contributed by atoms with Crippen molar-refractivity contribution < 1.29 is 23.3 Å². The van der Waals surface area contributed by atoms with Gasteiger partial charge in [0.1, 0.15) is 18.0 Å². The Labute approximate surface area is 170 Å². The summed E-state index contributed by atoms with van der Waals surface area (Å²) in [6.07, 6.45) is 0. The molecule has 8 nitrogen and oxygen atoms in total. The van der Waals surface area contributed by atoms with E-state index in [9.17, 15) is 14.4 Å². The minimum atomic E-state index is -0.499. The van der Waals surface area contributed by atoms with Crippen LogP contribution in [0.25, 0.3) is 11.0 Å². The molecule has 0 atom stereocenters. The first-order chi connectivity index (χ1) is 13.8. The maximum Gasteiger partial charge on any atom is 0.336 e. The van der Waals surface area contributed by atoms with E-state index in [1.807, 2.05) is 19.9 Å². The Kier molecular flexibility index (Phi) is 6.38. The summed E-state index contributed by atoms with van der Waals surface area (Å²) in [7, 11) is 0. The van der Waals surface area contributed by atoms with Gasteiger partial charge in [-0.3, -0.25) is 9.59 Å². The van der Waals surface area contributed by atoms with Crippen molar-refractivity contribution in [2.75, 3.05) is 16.8 Å². The van der Waals surface area contributed by atoms with Gasteiger partial charge in [0, 0.05) is 23.1 Å². The molecule has 1 aromatic carbocycles. The van der Waals surface area contributed by atoms with Crippen molar-refractivity contribution in [2.45, 2.75) is 27.4 Å². The molecular weight excluding hydrogens is 396 g/mol. The third-order valence-corrected chi connectivity index (χ3v) is 5.09. The Morgan fingerprint density at radius 3 is 2.59 bits per heavy atom. The van der Waals surface area contributed by atoms with Crippen molar-refractivity contribution in [3.8, 4) is 0 Å². The fourth-order valence-corrected chi connectivity index (χ4v) is 3.24. The number of carbonyl (C=O) groups is 2. The van der Waals surface area contributed by atoms with Crippen LogP contribution >= 0.6 is 11.8 Å². The molecule has 2 aromatic heterocycles. The third-order valence-electron chi connectivity index (χ3n) is 4.18. The van der Waals surface area contributed by atoms with Gasteiger partial charge in [-0.05, 0) is 44.0 Å². The zero-order valence-electron chi connectivity index (χ0n) is 16.2. The number of esters is 1. The third kappa shape index (κ3) is 5.47. The molecule has 3 aromatic rings. The van der Waals surface area contributed by atoms with Crippen molar-refractivity contribution in [2.24, 2.45) is 0 Å². The van der Waals surface area contributed by atoms with E-state index in [0.717, 1.165) is 28.3 Å². The first kappa shape index (κ1) is 20.7. The second kappa shape index (κ2) is 8.95. The summed E-state index contributed by atoms with van der Waals surface area (Å²) in [5, 5.41) is 6.96. The van der Waals surface area contributed by atoms with E-state index in [0.29, 0.717) is 22.7 Å². The number of nitrogens with zero attached hydrogens (tertiary/aromatic N) is 1. The lowest BCUT2D eigenvalue weighted by atomic mass is 10.0. The number of aromatic nitrogens is 1. The Morgan fingerprint density at radius 1 is 1.10 bits per heavy atom. The number of rotatable bonds is 7. The summed E-state index contributed by atoms with van der Waals surface area (Å²) in [4.78, 5) is 35.6. The van der Waals surface area contributed by atoms with E-state index in [2.05, 4.69) is 10.5 Å². The van der Waals surface area contributed by atoms with Gasteiger partial charge in [0.15, 0.2) is 5.82 Å². The van der Waals surface area contributed by atoms with E-state index >= 15 is 0 Å². The number of aryl methyl sites for hydroxylation is 3. The van der Waals surface area contributed by atoms with Crippen LogP contribution in [0.3, 0.4) is 0 Å². The Balaban J connectivity index is 1.52. The molecule has 9 heteroatoms. The van der Waals surface area contributed by atoms with Crippen LogP contribution in [0.1, 0.15) is 22.5 Å². The zero-order valence-corrected chi connectivity index (χ0v) is 17.1. The lowest BCUT2D eigenvalue weighted by molar-refractivity contribution is -0.141. The summed E-state index contributed by atoms with van der Waals surface area (Å²) in [6.45, 7) is 5.56. The second-order valence-electron chi connectivity index (χ2n) is 6.55. The van der Waals surface area contributed by atoms with Crippen molar-refractivity contribution >= 4 is 40.4 Å².